The number of amides is 1. The molecule has 0 unspecified atom stereocenters. The van der Waals surface area contributed by atoms with E-state index in [0.29, 0.717) is 22.3 Å². The number of hydrogen-bond donors (Lipinski definition) is 2. The number of benzene rings is 2. The molecule has 2 aromatic rings. The van der Waals surface area contributed by atoms with Crippen LogP contribution in [0.1, 0.15) is 31.1 Å². The van der Waals surface area contributed by atoms with Gasteiger partial charge < -0.3 is 5.32 Å². The van der Waals surface area contributed by atoms with Gasteiger partial charge in [0, 0.05) is 21.7 Å². The Morgan fingerprint density at radius 3 is 2.25 bits per heavy atom. The summed E-state index contributed by atoms with van der Waals surface area (Å²) >= 11 is 6.42. The lowest BCUT2D eigenvalue weighted by molar-refractivity contribution is 0.102. The molecule has 0 bridgehead atoms. The number of nitrogens with one attached hydrogen (secondary N) is 2. The van der Waals surface area contributed by atoms with E-state index in [0.717, 1.165) is 0 Å². The Hall–Kier alpha value is -1.68. The zero-order chi connectivity index (χ0) is 21.1. The Labute approximate surface area is 171 Å². The first kappa shape index (κ1) is 22.6. The van der Waals surface area contributed by atoms with Crippen LogP contribution in [0.5, 0.6) is 0 Å². The highest BCUT2D eigenvalue weighted by Gasteiger charge is 2.25. The second-order valence-corrected chi connectivity index (χ2v) is 9.98. The van der Waals surface area contributed by atoms with Gasteiger partial charge in [0.25, 0.3) is 11.7 Å². The fourth-order valence-electron chi connectivity index (χ4n) is 2.23. The van der Waals surface area contributed by atoms with Crippen LogP contribution in [0.3, 0.4) is 0 Å². The Balaban J connectivity index is 2.23. The highest BCUT2D eigenvalue weighted by atomic mass is 35.5. The molecule has 10 heteroatoms. The van der Waals surface area contributed by atoms with Gasteiger partial charge in [-0.1, -0.05) is 23.4 Å². The fraction of sp³-hybridized carbons (Fsp3) is 0.278. The summed E-state index contributed by atoms with van der Waals surface area (Å²) in [5.74, 6) is -3.09. The number of sulfonamides is 1. The SMILES string of the molecule is CC(C)(C)NS(=O)(=O)c1cc(C(=O)Nc2ccc(SC(F)F)cc2)ccc1Cl. The smallest absolute Gasteiger partial charge is 0.288 e. The van der Waals surface area contributed by atoms with Gasteiger partial charge in [-0.05, 0) is 63.2 Å². The molecular weight excluding hydrogens is 430 g/mol. The number of anilines is 1. The van der Waals surface area contributed by atoms with Crippen molar-refractivity contribution < 1.29 is 22.0 Å². The minimum atomic E-state index is -3.93. The zero-order valence-electron chi connectivity index (χ0n) is 15.3. The van der Waals surface area contributed by atoms with Gasteiger partial charge in [0.15, 0.2) is 0 Å². The van der Waals surface area contributed by atoms with Gasteiger partial charge in [-0.3, -0.25) is 4.79 Å². The summed E-state index contributed by atoms with van der Waals surface area (Å²) in [4.78, 5) is 12.6. The van der Waals surface area contributed by atoms with E-state index in [1.807, 2.05) is 0 Å². The lowest BCUT2D eigenvalue weighted by Crippen LogP contribution is -2.40. The first-order valence-electron chi connectivity index (χ1n) is 8.07. The highest BCUT2D eigenvalue weighted by molar-refractivity contribution is 7.99. The van der Waals surface area contributed by atoms with E-state index in [1.54, 1.807) is 20.8 Å². The summed E-state index contributed by atoms with van der Waals surface area (Å²) in [7, 11) is -3.93. The molecule has 0 saturated heterocycles. The van der Waals surface area contributed by atoms with E-state index < -0.39 is 27.2 Å². The van der Waals surface area contributed by atoms with E-state index in [2.05, 4.69) is 10.0 Å². The predicted molar refractivity (Wildman–Crippen MR) is 108 cm³/mol. The first-order chi connectivity index (χ1) is 12.9. The molecule has 0 spiro atoms. The third-order valence-corrected chi connectivity index (χ3v) is 6.22. The van der Waals surface area contributed by atoms with Crippen LogP contribution in [-0.2, 0) is 10.0 Å². The first-order valence-corrected chi connectivity index (χ1v) is 10.8. The van der Waals surface area contributed by atoms with Crippen LogP contribution in [0, 0.1) is 0 Å². The van der Waals surface area contributed by atoms with Crippen molar-refractivity contribution in [3.05, 3.63) is 53.1 Å². The van der Waals surface area contributed by atoms with Gasteiger partial charge in [0.2, 0.25) is 10.0 Å². The van der Waals surface area contributed by atoms with Crippen molar-refractivity contribution in [3.63, 3.8) is 0 Å². The summed E-state index contributed by atoms with van der Waals surface area (Å²) in [6.07, 6.45) is 0. The van der Waals surface area contributed by atoms with Gasteiger partial charge in [-0.2, -0.15) is 8.78 Å². The Bertz CT molecular complexity index is 960. The molecule has 0 atom stereocenters. The van der Waals surface area contributed by atoms with Crippen molar-refractivity contribution in [1.82, 2.24) is 4.72 Å². The quantitative estimate of drug-likeness (QED) is 0.611. The molecule has 0 aliphatic rings. The van der Waals surface area contributed by atoms with Crippen molar-refractivity contribution in [3.8, 4) is 0 Å². The van der Waals surface area contributed by atoms with Gasteiger partial charge in [-0.25, -0.2) is 13.1 Å². The van der Waals surface area contributed by atoms with Crippen LogP contribution in [0.4, 0.5) is 14.5 Å². The number of alkyl halides is 2. The molecule has 0 aromatic heterocycles. The molecule has 152 valence electrons. The number of carbonyl (C=O) groups excluding carboxylic acids is 1. The lowest BCUT2D eigenvalue weighted by atomic mass is 10.1. The molecule has 0 radical (unpaired) electrons. The van der Waals surface area contributed by atoms with Crippen LogP contribution in [-0.4, -0.2) is 25.6 Å². The zero-order valence-corrected chi connectivity index (χ0v) is 17.7. The molecular formula is C18H19ClF2N2O3S2. The topological polar surface area (TPSA) is 75.3 Å². The monoisotopic (exact) mass is 448 g/mol. The molecule has 0 saturated carbocycles. The number of halogens is 3. The minimum absolute atomic E-state index is 0.0123. The van der Waals surface area contributed by atoms with Crippen molar-refractivity contribution in [2.24, 2.45) is 0 Å². The summed E-state index contributed by atoms with van der Waals surface area (Å²) < 4.78 is 52.3. The largest absolute Gasteiger partial charge is 0.322 e. The van der Waals surface area contributed by atoms with Gasteiger partial charge in [0.1, 0.15) is 4.90 Å². The van der Waals surface area contributed by atoms with Crippen LogP contribution >= 0.6 is 23.4 Å². The number of carbonyl (C=O) groups is 1. The molecule has 0 aliphatic carbocycles. The van der Waals surface area contributed by atoms with Crippen LogP contribution < -0.4 is 10.0 Å². The highest BCUT2D eigenvalue weighted by Crippen LogP contribution is 2.27. The summed E-state index contributed by atoms with van der Waals surface area (Å²) in [5.41, 5.74) is -0.251. The summed E-state index contributed by atoms with van der Waals surface area (Å²) in [6, 6.07) is 9.79. The molecule has 5 nitrogen and oxygen atoms in total. The average molecular weight is 449 g/mol. The van der Waals surface area contributed by atoms with Crippen LogP contribution in [0.2, 0.25) is 5.02 Å². The van der Waals surface area contributed by atoms with Gasteiger partial charge in [-0.15, -0.1) is 0 Å². The Morgan fingerprint density at radius 1 is 1.11 bits per heavy atom. The number of hydrogen-bond acceptors (Lipinski definition) is 4. The summed E-state index contributed by atoms with van der Waals surface area (Å²) in [6.45, 7) is 5.06. The second-order valence-electron chi connectivity index (χ2n) is 6.86. The van der Waals surface area contributed by atoms with Crippen LogP contribution in [0.25, 0.3) is 0 Å². The molecule has 0 heterocycles. The average Bonchev–Trinajstić information content (AvgIpc) is 2.54. The second kappa shape index (κ2) is 8.77. The van der Waals surface area contributed by atoms with Crippen molar-refractivity contribution >= 4 is 45.0 Å². The van der Waals surface area contributed by atoms with E-state index >= 15 is 0 Å². The predicted octanol–water partition coefficient (Wildman–Crippen LogP) is 4.98. The van der Waals surface area contributed by atoms with Crippen LogP contribution in [0.15, 0.2) is 52.3 Å². The number of thioether (sulfide) groups is 1. The molecule has 2 aromatic carbocycles. The third-order valence-electron chi connectivity index (χ3n) is 3.26. The summed E-state index contributed by atoms with van der Waals surface area (Å²) in [5, 5.41) is 2.58. The standard InChI is InChI=1S/C18H19ClF2N2O3S2/c1-18(2,3)23-28(25,26)15-10-11(4-9-14(15)19)16(24)22-12-5-7-13(8-6-12)27-17(20)21/h4-10,17,23H,1-3H3,(H,22,24). The van der Waals surface area contributed by atoms with Gasteiger partial charge >= 0.3 is 0 Å². The maximum absolute atomic E-state index is 12.5. The van der Waals surface area contributed by atoms with Gasteiger partial charge in [0.05, 0.1) is 5.02 Å². The molecule has 2 rings (SSSR count). The normalized spacial score (nSPS) is 12.2. The maximum atomic E-state index is 12.5. The van der Waals surface area contributed by atoms with E-state index in [9.17, 15) is 22.0 Å². The molecule has 2 N–H and O–H groups in total. The lowest BCUT2D eigenvalue weighted by Gasteiger charge is -2.21. The molecule has 0 aliphatic heterocycles. The van der Waals surface area contributed by atoms with E-state index in [4.69, 9.17) is 11.6 Å². The maximum Gasteiger partial charge on any atom is 0.288 e. The molecule has 0 fully saturated rings. The Kier molecular flexibility index (Phi) is 7.08. The fourth-order valence-corrected chi connectivity index (χ4v) is 4.68. The third kappa shape index (κ3) is 6.44. The Morgan fingerprint density at radius 2 is 1.71 bits per heavy atom. The van der Waals surface area contributed by atoms with Crippen molar-refractivity contribution in [2.45, 2.75) is 41.9 Å². The van der Waals surface area contributed by atoms with E-state index in [1.165, 1.54) is 42.5 Å². The van der Waals surface area contributed by atoms with Crippen molar-refractivity contribution in [2.75, 3.05) is 5.32 Å². The molecule has 1 amide bonds. The van der Waals surface area contributed by atoms with Crippen molar-refractivity contribution in [1.29, 1.82) is 0 Å². The minimum Gasteiger partial charge on any atom is -0.322 e. The number of rotatable bonds is 6. The van der Waals surface area contributed by atoms with E-state index in [-0.39, 0.29) is 15.5 Å². The molecule has 28 heavy (non-hydrogen) atoms.